The summed E-state index contributed by atoms with van der Waals surface area (Å²) < 4.78 is 46.3. The molecule has 5 nitrogen and oxygen atoms in total. The van der Waals surface area contributed by atoms with E-state index in [1.807, 2.05) is 6.92 Å². The fraction of sp³-hybridized carbons (Fsp3) is 0.385. The van der Waals surface area contributed by atoms with E-state index in [9.17, 15) is 16.8 Å². The Morgan fingerprint density at radius 3 is 2.40 bits per heavy atom. The lowest BCUT2D eigenvalue weighted by atomic mass is 10.2. The number of nitrogens with one attached hydrogen (secondary N) is 1. The fourth-order valence-corrected chi connectivity index (χ4v) is 4.58. The first-order valence-electron chi connectivity index (χ1n) is 6.33. The van der Waals surface area contributed by atoms with Gasteiger partial charge in [0.25, 0.3) is 0 Å². The molecule has 7 heteroatoms. The average Bonchev–Trinajstić information content (AvgIpc) is 2.69. The van der Waals surface area contributed by atoms with E-state index in [1.165, 1.54) is 5.41 Å². The highest BCUT2D eigenvalue weighted by Gasteiger charge is 2.21. The minimum atomic E-state index is -3.21. The van der Waals surface area contributed by atoms with E-state index in [4.69, 9.17) is 0 Å². The monoisotopic (exact) mass is 315 g/mol. The van der Waals surface area contributed by atoms with Crippen LogP contribution in [0.5, 0.6) is 0 Å². The van der Waals surface area contributed by atoms with Crippen LogP contribution in [0, 0.1) is 0 Å². The Labute approximate surface area is 119 Å². The summed E-state index contributed by atoms with van der Waals surface area (Å²) in [6.07, 6.45) is 2.17. The molecular formula is C13H17NO4S2. The van der Waals surface area contributed by atoms with Crippen molar-refractivity contribution in [1.29, 1.82) is 0 Å². The van der Waals surface area contributed by atoms with Gasteiger partial charge in [0, 0.05) is 11.1 Å². The Morgan fingerprint density at radius 2 is 1.90 bits per heavy atom. The largest absolute Gasteiger partial charge is 0.378 e. The third kappa shape index (κ3) is 3.61. The number of sulfone groups is 2. The fourth-order valence-electron chi connectivity index (χ4n) is 2.02. The van der Waals surface area contributed by atoms with Gasteiger partial charge in [0.15, 0.2) is 19.7 Å². The van der Waals surface area contributed by atoms with Crippen LogP contribution in [0.1, 0.15) is 13.3 Å². The Hall–Kier alpha value is -1.34. The minimum absolute atomic E-state index is 0.0306. The van der Waals surface area contributed by atoms with Crippen LogP contribution in [0.2, 0.25) is 0 Å². The molecule has 2 rings (SSSR count). The van der Waals surface area contributed by atoms with Crippen molar-refractivity contribution < 1.29 is 16.8 Å². The van der Waals surface area contributed by atoms with Gasteiger partial charge in [-0.2, -0.15) is 0 Å². The molecule has 1 aromatic carbocycles. The first-order valence-corrected chi connectivity index (χ1v) is 9.69. The summed E-state index contributed by atoms with van der Waals surface area (Å²) in [4.78, 5) is 0.291. The van der Waals surface area contributed by atoms with Crippen LogP contribution in [-0.2, 0) is 19.7 Å². The summed E-state index contributed by atoms with van der Waals surface area (Å²) in [6.45, 7) is 1.82. The lowest BCUT2D eigenvalue weighted by Crippen LogP contribution is -2.20. The van der Waals surface area contributed by atoms with E-state index >= 15 is 0 Å². The van der Waals surface area contributed by atoms with E-state index in [1.54, 1.807) is 30.3 Å². The zero-order chi connectivity index (χ0) is 14.8. The molecule has 0 spiro atoms. The molecule has 1 atom stereocenters. The summed E-state index contributed by atoms with van der Waals surface area (Å²) in [5, 5.41) is 4.25. The van der Waals surface area contributed by atoms with Gasteiger partial charge in [-0.15, -0.1) is 0 Å². The van der Waals surface area contributed by atoms with Crippen LogP contribution < -0.4 is 5.32 Å². The number of hydrogen-bond acceptors (Lipinski definition) is 5. The number of anilines is 1. The third-order valence-electron chi connectivity index (χ3n) is 2.97. The molecule has 0 saturated heterocycles. The third-order valence-corrected chi connectivity index (χ3v) is 6.30. The lowest BCUT2D eigenvalue weighted by molar-refractivity contribution is 0.594. The molecule has 0 aromatic heterocycles. The first-order chi connectivity index (χ1) is 9.32. The molecule has 1 unspecified atom stereocenters. The van der Waals surface area contributed by atoms with Gasteiger partial charge in [-0.3, -0.25) is 0 Å². The Balaban J connectivity index is 2.08. The Kier molecular flexibility index (Phi) is 4.19. The highest BCUT2D eigenvalue weighted by Crippen LogP contribution is 2.19. The molecule has 1 N–H and O–H groups in total. The minimum Gasteiger partial charge on any atom is -0.378 e. The molecule has 1 aromatic rings. The van der Waals surface area contributed by atoms with Crippen LogP contribution in [-0.4, -0.2) is 34.4 Å². The normalized spacial score (nSPS) is 20.9. The van der Waals surface area contributed by atoms with Crippen molar-refractivity contribution in [3.8, 4) is 0 Å². The standard InChI is InChI=1S/C13H17NO4S2/c1-2-8-20(17,18)13-5-3-11(4-6-13)14-12-7-9-19(15,16)10-12/h3-7,9,12,14H,2,8,10H2,1H3. The second kappa shape index (κ2) is 5.57. The van der Waals surface area contributed by atoms with E-state index in [-0.39, 0.29) is 17.5 Å². The summed E-state index contributed by atoms with van der Waals surface area (Å²) >= 11 is 0. The maximum atomic E-state index is 11.9. The first kappa shape index (κ1) is 15.1. The van der Waals surface area contributed by atoms with Crippen molar-refractivity contribution in [3.05, 3.63) is 35.7 Å². The topological polar surface area (TPSA) is 80.3 Å². The van der Waals surface area contributed by atoms with Gasteiger partial charge in [-0.25, -0.2) is 16.8 Å². The predicted molar refractivity (Wildman–Crippen MR) is 79.1 cm³/mol. The Morgan fingerprint density at radius 1 is 1.25 bits per heavy atom. The molecular weight excluding hydrogens is 298 g/mol. The molecule has 20 heavy (non-hydrogen) atoms. The molecule has 0 fully saturated rings. The number of rotatable bonds is 5. The van der Waals surface area contributed by atoms with Crippen LogP contribution in [0.4, 0.5) is 5.69 Å². The Bertz CT molecular complexity index is 703. The SMILES string of the molecule is CCCS(=O)(=O)c1ccc(NC2C=CS(=O)(=O)C2)cc1. The van der Waals surface area contributed by atoms with Gasteiger partial charge in [-0.1, -0.05) is 13.0 Å². The van der Waals surface area contributed by atoms with Crippen molar-refractivity contribution in [1.82, 2.24) is 0 Å². The second-order valence-corrected chi connectivity index (χ2v) is 8.79. The van der Waals surface area contributed by atoms with Crippen LogP contribution in [0.25, 0.3) is 0 Å². The van der Waals surface area contributed by atoms with E-state index in [0.717, 1.165) is 0 Å². The predicted octanol–water partition coefficient (Wildman–Crippen LogP) is 1.59. The van der Waals surface area contributed by atoms with Crippen molar-refractivity contribution in [2.75, 3.05) is 16.8 Å². The summed E-state index contributed by atoms with van der Waals surface area (Å²) in [5.41, 5.74) is 0.701. The van der Waals surface area contributed by atoms with Crippen molar-refractivity contribution in [2.24, 2.45) is 0 Å². The summed E-state index contributed by atoms with van der Waals surface area (Å²) in [5.74, 6) is 0.159. The van der Waals surface area contributed by atoms with Crippen molar-refractivity contribution in [3.63, 3.8) is 0 Å². The van der Waals surface area contributed by atoms with Gasteiger partial charge in [0.1, 0.15) is 0 Å². The number of benzene rings is 1. The molecule has 1 aliphatic rings. The van der Waals surface area contributed by atoms with Crippen LogP contribution in [0.15, 0.2) is 40.6 Å². The molecule has 110 valence electrons. The van der Waals surface area contributed by atoms with Gasteiger partial charge >= 0.3 is 0 Å². The second-order valence-electron chi connectivity index (χ2n) is 4.75. The molecule has 0 amide bonds. The molecule has 0 aliphatic carbocycles. The summed E-state index contributed by atoms with van der Waals surface area (Å²) in [6, 6.07) is 6.13. The molecule has 1 heterocycles. The molecule has 1 aliphatic heterocycles. The van der Waals surface area contributed by atoms with Crippen LogP contribution in [0.3, 0.4) is 0 Å². The smallest absolute Gasteiger partial charge is 0.178 e. The van der Waals surface area contributed by atoms with Crippen molar-refractivity contribution in [2.45, 2.75) is 24.3 Å². The average molecular weight is 315 g/mol. The highest BCUT2D eigenvalue weighted by atomic mass is 32.2. The van der Waals surface area contributed by atoms with E-state index in [0.29, 0.717) is 17.0 Å². The molecule has 0 saturated carbocycles. The zero-order valence-electron chi connectivity index (χ0n) is 11.1. The van der Waals surface area contributed by atoms with Crippen molar-refractivity contribution >= 4 is 25.4 Å². The highest BCUT2D eigenvalue weighted by molar-refractivity contribution is 7.94. The van der Waals surface area contributed by atoms with E-state index < -0.39 is 19.7 Å². The maximum absolute atomic E-state index is 11.9. The maximum Gasteiger partial charge on any atom is 0.178 e. The number of hydrogen-bond donors (Lipinski definition) is 1. The lowest BCUT2D eigenvalue weighted by Gasteiger charge is -2.12. The van der Waals surface area contributed by atoms with Gasteiger partial charge in [0.2, 0.25) is 0 Å². The zero-order valence-corrected chi connectivity index (χ0v) is 12.7. The summed E-state index contributed by atoms with van der Waals surface area (Å²) in [7, 11) is -6.30. The quantitative estimate of drug-likeness (QED) is 0.892. The van der Waals surface area contributed by atoms with E-state index in [2.05, 4.69) is 5.32 Å². The molecule has 0 radical (unpaired) electrons. The van der Waals surface area contributed by atoms with Gasteiger partial charge in [-0.05, 0) is 30.7 Å². The van der Waals surface area contributed by atoms with Gasteiger partial charge in [0.05, 0.1) is 22.4 Å². The molecule has 0 bridgehead atoms. The van der Waals surface area contributed by atoms with Crippen LogP contribution >= 0.6 is 0 Å². The van der Waals surface area contributed by atoms with Gasteiger partial charge < -0.3 is 5.32 Å².